The van der Waals surface area contributed by atoms with Gasteiger partial charge in [0.2, 0.25) is 5.91 Å². The van der Waals surface area contributed by atoms with Crippen molar-refractivity contribution in [2.75, 3.05) is 6.54 Å². The zero-order valence-corrected chi connectivity index (χ0v) is 17.5. The molecule has 0 bridgehead atoms. The summed E-state index contributed by atoms with van der Waals surface area (Å²) in [6.45, 7) is 7.59. The molecule has 1 saturated carbocycles. The third kappa shape index (κ3) is 5.74. The Balaban J connectivity index is 2.11. The van der Waals surface area contributed by atoms with Gasteiger partial charge in [0, 0.05) is 0 Å². The maximum Gasteiger partial charge on any atom is 0.323 e. The normalized spacial score (nSPS) is 25.6. The first kappa shape index (κ1) is 21.8. The van der Waals surface area contributed by atoms with Gasteiger partial charge in [0.05, 0.1) is 22.6 Å². The second-order valence-electron chi connectivity index (χ2n) is 8.11. The van der Waals surface area contributed by atoms with Gasteiger partial charge in [0.1, 0.15) is 6.54 Å². The molecular formula is C20H31NO5S. The van der Waals surface area contributed by atoms with Crippen molar-refractivity contribution < 1.29 is 24.2 Å². The summed E-state index contributed by atoms with van der Waals surface area (Å²) >= 11 is 1.46. The Morgan fingerprint density at radius 1 is 1.30 bits per heavy atom. The number of hydrogen-bond acceptors (Lipinski definition) is 5. The Bertz CT molecular complexity index is 603. The molecule has 0 radical (unpaired) electrons. The average molecular weight is 398 g/mol. The van der Waals surface area contributed by atoms with Crippen molar-refractivity contribution in [2.24, 2.45) is 5.92 Å². The number of amides is 1. The summed E-state index contributed by atoms with van der Waals surface area (Å²) in [4.78, 5) is 37.2. The van der Waals surface area contributed by atoms with E-state index in [-0.39, 0.29) is 25.0 Å². The number of hydrogen-bond donors (Lipinski definition) is 1. The number of rotatable bonds is 7. The van der Waals surface area contributed by atoms with Gasteiger partial charge in [-0.25, -0.2) is 0 Å². The number of carbonyl (C=O) groups excluding carboxylic acids is 2. The second-order valence-corrected chi connectivity index (χ2v) is 9.67. The van der Waals surface area contributed by atoms with Crippen LogP contribution in [-0.4, -0.2) is 50.6 Å². The van der Waals surface area contributed by atoms with Gasteiger partial charge < -0.3 is 14.7 Å². The van der Waals surface area contributed by atoms with Crippen LogP contribution < -0.4 is 0 Å². The van der Waals surface area contributed by atoms with E-state index in [4.69, 9.17) is 4.74 Å². The van der Waals surface area contributed by atoms with Crippen molar-refractivity contribution in [3.8, 4) is 0 Å². The summed E-state index contributed by atoms with van der Waals surface area (Å²) in [6, 6.07) is 0. The van der Waals surface area contributed by atoms with Gasteiger partial charge in [-0.05, 0) is 51.9 Å². The minimum absolute atomic E-state index is 0.00437. The van der Waals surface area contributed by atoms with E-state index in [1.807, 2.05) is 0 Å². The number of aliphatic carboxylic acids is 1. The van der Waals surface area contributed by atoms with E-state index >= 15 is 0 Å². The lowest BCUT2D eigenvalue weighted by atomic mass is 9.88. The molecular weight excluding hydrogens is 366 g/mol. The molecule has 2 aliphatic rings. The standard InChI is InChI=1S/C20H31NO5S/c1-13(2)5-6-15-7-9-20(10-8-15)21(12-17(22)23)19(25)16(27-20)11-18(24)26-14(3)4/h6,13-14,16H,5,7-12H2,1-4H3,(H,22,23). The molecule has 2 fully saturated rings. The van der Waals surface area contributed by atoms with Crippen LogP contribution in [0.25, 0.3) is 0 Å². The molecule has 152 valence electrons. The molecule has 0 aromatic rings. The quantitative estimate of drug-likeness (QED) is 0.522. The highest BCUT2D eigenvalue weighted by atomic mass is 32.2. The average Bonchev–Trinajstić information content (AvgIpc) is 2.78. The minimum atomic E-state index is -1.02. The number of nitrogens with zero attached hydrogens (tertiary/aromatic N) is 1. The highest BCUT2D eigenvalue weighted by molar-refractivity contribution is 8.02. The van der Waals surface area contributed by atoms with E-state index in [9.17, 15) is 19.5 Å². The fourth-order valence-corrected chi connectivity index (χ4v) is 5.36. The third-order valence-corrected chi connectivity index (χ3v) is 6.68. The van der Waals surface area contributed by atoms with Gasteiger partial charge in [-0.1, -0.05) is 25.5 Å². The molecule has 2 rings (SSSR count). The van der Waals surface area contributed by atoms with Crippen LogP contribution in [0.4, 0.5) is 0 Å². The maximum absolute atomic E-state index is 12.9. The summed E-state index contributed by atoms with van der Waals surface area (Å²) in [5.74, 6) is -1.07. The molecule has 6 nitrogen and oxygen atoms in total. The SMILES string of the molecule is CC(C)CC=C1CCC2(CC1)SC(CC(=O)OC(C)C)C(=O)N2CC(=O)O. The number of carbonyl (C=O) groups is 3. The summed E-state index contributed by atoms with van der Waals surface area (Å²) in [5.41, 5.74) is 1.39. The van der Waals surface area contributed by atoms with Crippen LogP contribution in [0.1, 0.15) is 66.2 Å². The minimum Gasteiger partial charge on any atom is -0.480 e. The van der Waals surface area contributed by atoms with Crippen molar-refractivity contribution in [1.82, 2.24) is 4.90 Å². The van der Waals surface area contributed by atoms with Gasteiger partial charge in [-0.2, -0.15) is 0 Å². The van der Waals surface area contributed by atoms with Crippen LogP contribution in [0.2, 0.25) is 0 Å². The molecule has 0 aromatic heterocycles. The van der Waals surface area contributed by atoms with Crippen LogP contribution in [-0.2, 0) is 19.1 Å². The van der Waals surface area contributed by atoms with Crippen LogP contribution in [0, 0.1) is 5.92 Å². The molecule has 0 aromatic carbocycles. The van der Waals surface area contributed by atoms with Gasteiger partial charge in [-0.3, -0.25) is 14.4 Å². The van der Waals surface area contributed by atoms with Gasteiger partial charge in [0.25, 0.3) is 0 Å². The van der Waals surface area contributed by atoms with E-state index in [1.165, 1.54) is 22.2 Å². The van der Waals surface area contributed by atoms with Crippen LogP contribution >= 0.6 is 11.8 Å². The zero-order valence-electron chi connectivity index (χ0n) is 16.7. The molecule has 1 atom stereocenters. The maximum atomic E-state index is 12.9. The fourth-order valence-electron chi connectivity index (χ4n) is 3.66. The largest absolute Gasteiger partial charge is 0.480 e. The molecule has 27 heavy (non-hydrogen) atoms. The topological polar surface area (TPSA) is 83.9 Å². The lowest BCUT2D eigenvalue weighted by molar-refractivity contribution is -0.150. The number of ether oxygens (including phenoxy) is 1. The number of esters is 1. The van der Waals surface area contributed by atoms with E-state index < -0.39 is 22.1 Å². The third-order valence-electron chi connectivity index (χ3n) is 4.96. The highest BCUT2D eigenvalue weighted by Gasteiger charge is 2.53. The first-order chi connectivity index (χ1) is 12.6. The summed E-state index contributed by atoms with van der Waals surface area (Å²) in [7, 11) is 0. The highest BCUT2D eigenvalue weighted by Crippen LogP contribution is 2.52. The molecule has 1 aliphatic heterocycles. The van der Waals surface area contributed by atoms with Crippen molar-refractivity contribution in [1.29, 1.82) is 0 Å². The van der Waals surface area contributed by atoms with Gasteiger partial charge >= 0.3 is 11.9 Å². The Kier molecular flexibility index (Phi) is 7.37. The summed E-state index contributed by atoms with van der Waals surface area (Å²) in [6.07, 6.45) is 6.29. The summed E-state index contributed by atoms with van der Waals surface area (Å²) < 4.78 is 5.18. The van der Waals surface area contributed by atoms with Crippen molar-refractivity contribution in [3.63, 3.8) is 0 Å². The number of carboxylic acids is 1. The molecule has 1 spiro atoms. The Morgan fingerprint density at radius 3 is 2.44 bits per heavy atom. The number of allylic oxidation sites excluding steroid dienone is 2. The monoisotopic (exact) mass is 397 g/mol. The molecule has 1 aliphatic carbocycles. The van der Waals surface area contributed by atoms with Crippen LogP contribution in [0.5, 0.6) is 0 Å². The molecule has 1 unspecified atom stereocenters. The van der Waals surface area contributed by atoms with Crippen LogP contribution in [0.3, 0.4) is 0 Å². The first-order valence-corrected chi connectivity index (χ1v) is 10.6. The van der Waals surface area contributed by atoms with E-state index in [0.717, 1.165) is 32.1 Å². The van der Waals surface area contributed by atoms with Crippen LogP contribution in [0.15, 0.2) is 11.6 Å². The first-order valence-electron chi connectivity index (χ1n) is 9.71. The molecule has 7 heteroatoms. The summed E-state index contributed by atoms with van der Waals surface area (Å²) in [5, 5.41) is 8.73. The molecule has 1 amide bonds. The van der Waals surface area contributed by atoms with Gasteiger partial charge in [0.15, 0.2) is 0 Å². The predicted molar refractivity (Wildman–Crippen MR) is 105 cm³/mol. The Morgan fingerprint density at radius 2 is 1.93 bits per heavy atom. The van der Waals surface area contributed by atoms with Crippen molar-refractivity contribution in [2.45, 2.75) is 82.4 Å². The lowest BCUT2D eigenvalue weighted by Gasteiger charge is -2.40. The fraction of sp³-hybridized carbons (Fsp3) is 0.750. The van der Waals surface area contributed by atoms with E-state index in [1.54, 1.807) is 13.8 Å². The zero-order chi connectivity index (χ0) is 20.2. The van der Waals surface area contributed by atoms with Crippen molar-refractivity contribution >= 4 is 29.6 Å². The number of carboxylic acid groups (broad SMARTS) is 1. The van der Waals surface area contributed by atoms with E-state index in [2.05, 4.69) is 19.9 Å². The van der Waals surface area contributed by atoms with Gasteiger partial charge in [-0.15, -0.1) is 11.8 Å². The smallest absolute Gasteiger partial charge is 0.323 e. The van der Waals surface area contributed by atoms with Crippen molar-refractivity contribution in [3.05, 3.63) is 11.6 Å². The molecule has 1 saturated heterocycles. The predicted octanol–water partition coefficient (Wildman–Crippen LogP) is 3.60. The Labute approximate surface area is 165 Å². The lowest BCUT2D eigenvalue weighted by Crippen LogP contribution is -2.48. The molecule has 1 N–H and O–H groups in total. The molecule has 1 heterocycles. The second kappa shape index (κ2) is 9.13. The Hall–Kier alpha value is -1.50. The number of thioether (sulfide) groups is 1. The van der Waals surface area contributed by atoms with E-state index in [0.29, 0.717) is 5.92 Å².